The van der Waals surface area contributed by atoms with Crippen molar-refractivity contribution < 1.29 is 0 Å². The van der Waals surface area contributed by atoms with Crippen molar-refractivity contribution in [2.75, 3.05) is 38.2 Å². The van der Waals surface area contributed by atoms with E-state index in [0.717, 1.165) is 12.0 Å². The Morgan fingerprint density at radius 2 is 2.00 bits per heavy atom. The molecule has 2 rings (SSSR count). The van der Waals surface area contributed by atoms with E-state index >= 15 is 0 Å². The maximum Gasteiger partial charge on any atom is 0.0191 e. The molecule has 0 aromatic rings. The Morgan fingerprint density at radius 3 is 2.60 bits per heavy atom. The van der Waals surface area contributed by atoms with E-state index in [-0.39, 0.29) is 0 Å². The van der Waals surface area contributed by atoms with Crippen LogP contribution >= 0.6 is 11.8 Å². The van der Waals surface area contributed by atoms with Crippen molar-refractivity contribution in [3.63, 3.8) is 0 Å². The van der Waals surface area contributed by atoms with Gasteiger partial charge in [0.05, 0.1) is 0 Å². The second-order valence-corrected chi connectivity index (χ2v) is 8.67. The molecule has 0 aromatic carbocycles. The van der Waals surface area contributed by atoms with Crippen LogP contribution in [0.5, 0.6) is 0 Å². The van der Waals surface area contributed by atoms with E-state index in [1.165, 1.54) is 69.7 Å². The third-order valence-corrected chi connectivity index (χ3v) is 6.23. The molecule has 1 heterocycles. The first kappa shape index (κ1) is 16.6. The Balaban J connectivity index is 1.87. The molecule has 0 spiro atoms. The van der Waals surface area contributed by atoms with E-state index in [2.05, 4.69) is 42.9 Å². The van der Waals surface area contributed by atoms with Crippen LogP contribution in [-0.4, -0.2) is 49.1 Å². The number of hydrogen-bond donors (Lipinski definition) is 1. The molecule has 0 radical (unpaired) electrons. The number of hydrogen-bond acceptors (Lipinski definition) is 3. The van der Waals surface area contributed by atoms with Gasteiger partial charge in [-0.15, -0.1) is 0 Å². The number of nitrogens with one attached hydrogen (secondary N) is 1. The molecule has 1 aliphatic heterocycles. The quantitative estimate of drug-likeness (QED) is 0.773. The minimum Gasteiger partial charge on any atom is -0.316 e. The molecule has 1 unspecified atom stereocenters. The molecule has 1 saturated heterocycles. The lowest BCUT2D eigenvalue weighted by molar-refractivity contribution is 0.0979. The first-order chi connectivity index (χ1) is 9.61. The van der Waals surface area contributed by atoms with Crippen LogP contribution in [-0.2, 0) is 0 Å². The SMILES string of the molecule is CC(C)CNCC1(CN(C)C2CCSC2)CCCCC1. The molecule has 20 heavy (non-hydrogen) atoms. The number of nitrogens with zero attached hydrogens (tertiary/aromatic N) is 1. The molecule has 0 aromatic heterocycles. The third kappa shape index (κ3) is 4.92. The van der Waals surface area contributed by atoms with Crippen LogP contribution < -0.4 is 5.32 Å². The zero-order chi connectivity index (χ0) is 14.4. The van der Waals surface area contributed by atoms with Crippen molar-refractivity contribution in [1.29, 1.82) is 0 Å². The summed E-state index contributed by atoms with van der Waals surface area (Å²) >= 11 is 2.14. The van der Waals surface area contributed by atoms with Crippen LogP contribution in [0.15, 0.2) is 0 Å². The molecular weight excluding hydrogens is 264 g/mol. The van der Waals surface area contributed by atoms with Gasteiger partial charge in [-0.05, 0) is 49.9 Å². The minimum atomic E-state index is 0.551. The van der Waals surface area contributed by atoms with Gasteiger partial charge in [-0.3, -0.25) is 0 Å². The summed E-state index contributed by atoms with van der Waals surface area (Å²) in [6, 6.07) is 0.837. The largest absolute Gasteiger partial charge is 0.316 e. The lowest BCUT2D eigenvalue weighted by Gasteiger charge is -2.42. The summed E-state index contributed by atoms with van der Waals surface area (Å²) in [5, 5.41) is 3.76. The van der Waals surface area contributed by atoms with Gasteiger partial charge in [0.25, 0.3) is 0 Å². The van der Waals surface area contributed by atoms with E-state index in [1.54, 1.807) is 0 Å². The average molecular weight is 299 g/mol. The fourth-order valence-electron chi connectivity index (χ4n) is 3.85. The normalized spacial score (nSPS) is 26.6. The first-order valence-electron chi connectivity index (χ1n) is 8.60. The molecule has 0 amide bonds. The molecular formula is C17H34N2S. The van der Waals surface area contributed by atoms with Crippen molar-refractivity contribution in [1.82, 2.24) is 10.2 Å². The smallest absolute Gasteiger partial charge is 0.0191 e. The van der Waals surface area contributed by atoms with Crippen LogP contribution in [0.1, 0.15) is 52.4 Å². The molecule has 1 saturated carbocycles. The molecule has 0 bridgehead atoms. The van der Waals surface area contributed by atoms with Crippen LogP contribution in [0, 0.1) is 11.3 Å². The molecule has 1 aliphatic carbocycles. The topological polar surface area (TPSA) is 15.3 Å². The van der Waals surface area contributed by atoms with Gasteiger partial charge in [0, 0.05) is 24.9 Å². The zero-order valence-corrected chi connectivity index (χ0v) is 14.6. The van der Waals surface area contributed by atoms with Gasteiger partial charge in [0.1, 0.15) is 0 Å². The van der Waals surface area contributed by atoms with E-state index in [1.807, 2.05) is 0 Å². The highest BCUT2D eigenvalue weighted by molar-refractivity contribution is 7.99. The molecule has 1 N–H and O–H groups in total. The fourth-order valence-corrected chi connectivity index (χ4v) is 5.15. The van der Waals surface area contributed by atoms with E-state index in [4.69, 9.17) is 0 Å². The second-order valence-electron chi connectivity index (χ2n) is 7.52. The Bertz CT molecular complexity index is 268. The Morgan fingerprint density at radius 1 is 1.25 bits per heavy atom. The predicted molar refractivity (Wildman–Crippen MR) is 91.6 cm³/mol. The van der Waals surface area contributed by atoms with Crippen molar-refractivity contribution in [3.05, 3.63) is 0 Å². The van der Waals surface area contributed by atoms with Gasteiger partial charge in [-0.2, -0.15) is 11.8 Å². The Hall–Kier alpha value is 0.270. The van der Waals surface area contributed by atoms with E-state index in [0.29, 0.717) is 5.41 Å². The Labute approximate surface area is 130 Å². The van der Waals surface area contributed by atoms with Crippen molar-refractivity contribution in [2.24, 2.45) is 11.3 Å². The highest BCUT2D eigenvalue weighted by atomic mass is 32.2. The zero-order valence-electron chi connectivity index (χ0n) is 13.8. The number of thioether (sulfide) groups is 1. The highest BCUT2D eigenvalue weighted by Gasteiger charge is 2.34. The predicted octanol–water partition coefficient (Wildman–Crippen LogP) is 3.62. The average Bonchev–Trinajstić information content (AvgIpc) is 2.93. The minimum absolute atomic E-state index is 0.551. The van der Waals surface area contributed by atoms with Gasteiger partial charge >= 0.3 is 0 Å². The van der Waals surface area contributed by atoms with Gasteiger partial charge in [0.15, 0.2) is 0 Å². The molecule has 2 nitrogen and oxygen atoms in total. The standard InChI is InChI=1S/C17H34N2S/c1-15(2)11-18-13-17(8-5-4-6-9-17)14-19(3)16-7-10-20-12-16/h15-16,18H,4-14H2,1-3H3. The van der Waals surface area contributed by atoms with Crippen molar-refractivity contribution >= 4 is 11.8 Å². The van der Waals surface area contributed by atoms with Crippen LogP contribution in [0.3, 0.4) is 0 Å². The van der Waals surface area contributed by atoms with Crippen molar-refractivity contribution in [2.45, 2.75) is 58.4 Å². The van der Waals surface area contributed by atoms with E-state index in [9.17, 15) is 0 Å². The lowest BCUT2D eigenvalue weighted by atomic mass is 9.73. The van der Waals surface area contributed by atoms with Gasteiger partial charge in [-0.25, -0.2) is 0 Å². The van der Waals surface area contributed by atoms with Gasteiger partial charge in [0.2, 0.25) is 0 Å². The lowest BCUT2D eigenvalue weighted by Crippen LogP contribution is -2.47. The fraction of sp³-hybridized carbons (Fsp3) is 1.00. The Kier molecular flexibility index (Phi) is 6.70. The molecule has 2 aliphatic rings. The molecule has 2 fully saturated rings. The van der Waals surface area contributed by atoms with Crippen molar-refractivity contribution in [3.8, 4) is 0 Å². The maximum atomic E-state index is 3.76. The number of rotatable bonds is 7. The summed E-state index contributed by atoms with van der Waals surface area (Å²) in [4.78, 5) is 2.68. The molecule has 3 heteroatoms. The summed E-state index contributed by atoms with van der Waals surface area (Å²) in [7, 11) is 2.37. The van der Waals surface area contributed by atoms with Gasteiger partial charge in [-0.1, -0.05) is 33.1 Å². The maximum absolute atomic E-state index is 3.76. The van der Waals surface area contributed by atoms with E-state index < -0.39 is 0 Å². The van der Waals surface area contributed by atoms with Gasteiger partial charge < -0.3 is 10.2 Å². The monoisotopic (exact) mass is 298 g/mol. The summed E-state index contributed by atoms with van der Waals surface area (Å²) < 4.78 is 0. The summed E-state index contributed by atoms with van der Waals surface area (Å²) in [5.41, 5.74) is 0.551. The summed E-state index contributed by atoms with van der Waals surface area (Å²) in [5.74, 6) is 3.49. The third-order valence-electron chi connectivity index (χ3n) is 5.08. The van der Waals surface area contributed by atoms with Crippen LogP contribution in [0.25, 0.3) is 0 Å². The summed E-state index contributed by atoms with van der Waals surface area (Å²) in [6.07, 6.45) is 8.60. The van der Waals surface area contributed by atoms with Crippen LogP contribution in [0.2, 0.25) is 0 Å². The molecule has 1 atom stereocenters. The summed E-state index contributed by atoms with van der Waals surface area (Å²) in [6.45, 7) is 8.33. The second kappa shape index (κ2) is 8.05. The highest BCUT2D eigenvalue weighted by Crippen LogP contribution is 2.37. The van der Waals surface area contributed by atoms with Crippen LogP contribution in [0.4, 0.5) is 0 Å². The molecule has 118 valence electrons. The first-order valence-corrected chi connectivity index (χ1v) is 9.75.